The zero-order valence-electron chi connectivity index (χ0n) is 16.2. The largest absolute Gasteiger partial charge is 0.279 e. The first-order valence-corrected chi connectivity index (χ1v) is 11.6. The fourth-order valence-electron chi connectivity index (χ4n) is 3.60. The Morgan fingerprint density at radius 3 is 2.38 bits per heavy atom. The second kappa shape index (κ2) is 7.76. The highest BCUT2D eigenvalue weighted by atomic mass is 79.9. The van der Waals surface area contributed by atoms with E-state index in [-0.39, 0.29) is 6.04 Å². The van der Waals surface area contributed by atoms with Crippen molar-refractivity contribution in [3.63, 3.8) is 0 Å². The maximum atomic E-state index is 13.6. The van der Waals surface area contributed by atoms with Gasteiger partial charge in [0.25, 0.3) is 10.0 Å². The number of hydrazone groups is 1. The van der Waals surface area contributed by atoms with Gasteiger partial charge in [-0.25, -0.2) is 0 Å². The molecular weight excluding hydrogens is 448 g/mol. The van der Waals surface area contributed by atoms with Crippen LogP contribution in [-0.2, 0) is 10.0 Å². The van der Waals surface area contributed by atoms with E-state index in [2.05, 4.69) is 21.0 Å². The van der Waals surface area contributed by atoms with E-state index >= 15 is 0 Å². The van der Waals surface area contributed by atoms with Gasteiger partial charge in [0, 0.05) is 10.9 Å². The van der Waals surface area contributed by atoms with Gasteiger partial charge < -0.3 is 0 Å². The molecule has 0 radical (unpaired) electrons. The summed E-state index contributed by atoms with van der Waals surface area (Å²) in [6.07, 6.45) is 0.524. The van der Waals surface area contributed by atoms with Crippen molar-refractivity contribution < 1.29 is 8.42 Å². The molecule has 3 aromatic rings. The number of benzene rings is 3. The van der Waals surface area contributed by atoms with Gasteiger partial charge in [-0.15, -0.1) is 0 Å². The number of hydrogen-bond donors (Lipinski definition) is 0. The predicted molar refractivity (Wildman–Crippen MR) is 119 cm³/mol. The molecule has 1 heterocycles. The van der Waals surface area contributed by atoms with Gasteiger partial charge in [-0.3, -0.25) is 0 Å². The minimum absolute atomic E-state index is 0.290. The Bertz CT molecular complexity index is 1190. The van der Waals surface area contributed by atoms with Crippen LogP contribution in [0.4, 0.5) is 0 Å². The molecule has 1 aliphatic rings. The Morgan fingerprint density at radius 1 is 0.966 bits per heavy atom. The third-order valence-electron chi connectivity index (χ3n) is 5.09. The van der Waals surface area contributed by atoms with Crippen molar-refractivity contribution in [1.82, 2.24) is 4.41 Å². The quantitative estimate of drug-likeness (QED) is 0.499. The van der Waals surface area contributed by atoms with Crippen molar-refractivity contribution in [3.05, 3.63) is 99.5 Å². The van der Waals surface area contributed by atoms with E-state index in [1.54, 1.807) is 12.1 Å². The van der Waals surface area contributed by atoms with E-state index in [0.29, 0.717) is 16.9 Å². The van der Waals surface area contributed by atoms with Crippen LogP contribution < -0.4 is 0 Å². The average Bonchev–Trinajstić information content (AvgIpc) is 3.15. The van der Waals surface area contributed by atoms with E-state index in [1.165, 1.54) is 4.41 Å². The van der Waals surface area contributed by atoms with Crippen LogP contribution in [0.3, 0.4) is 0 Å². The van der Waals surface area contributed by atoms with Crippen LogP contribution in [0.25, 0.3) is 0 Å². The molecule has 29 heavy (non-hydrogen) atoms. The molecule has 0 saturated carbocycles. The molecule has 0 amide bonds. The van der Waals surface area contributed by atoms with Crippen LogP contribution >= 0.6 is 15.9 Å². The van der Waals surface area contributed by atoms with Crippen molar-refractivity contribution in [1.29, 1.82) is 0 Å². The van der Waals surface area contributed by atoms with Gasteiger partial charge in [0.2, 0.25) is 0 Å². The lowest BCUT2D eigenvalue weighted by Gasteiger charge is -2.24. The average molecular weight is 469 g/mol. The van der Waals surface area contributed by atoms with Crippen LogP contribution in [0.1, 0.15) is 34.7 Å². The fourth-order valence-corrected chi connectivity index (χ4v) is 5.53. The predicted octanol–water partition coefficient (Wildman–Crippen LogP) is 5.61. The lowest BCUT2D eigenvalue weighted by atomic mass is 9.98. The minimum atomic E-state index is -3.79. The monoisotopic (exact) mass is 468 g/mol. The van der Waals surface area contributed by atoms with Crippen molar-refractivity contribution in [2.75, 3.05) is 0 Å². The molecule has 0 saturated heterocycles. The molecule has 3 aromatic carbocycles. The van der Waals surface area contributed by atoms with E-state index in [0.717, 1.165) is 26.9 Å². The zero-order valence-corrected chi connectivity index (χ0v) is 18.6. The van der Waals surface area contributed by atoms with Crippen molar-refractivity contribution in [3.8, 4) is 0 Å². The summed E-state index contributed by atoms with van der Waals surface area (Å²) in [7, 11) is -3.79. The van der Waals surface area contributed by atoms with E-state index < -0.39 is 10.0 Å². The summed E-state index contributed by atoms with van der Waals surface area (Å²) in [5.41, 5.74) is 4.43. The smallest absolute Gasteiger partial charge is 0.200 e. The Labute approximate surface area is 180 Å². The first-order valence-electron chi connectivity index (χ1n) is 9.36. The number of sulfonamides is 1. The molecule has 1 atom stereocenters. The lowest BCUT2D eigenvalue weighted by molar-refractivity contribution is 0.371. The molecule has 0 fully saturated rings. The van der Waals surface area contributed by atoms with Crippen LogP contribution in [0.15, 0.2) is 87.3 Å². The summed E-state index contributed by atoms with van der Waals surface area (Å²) in [5.74, 6) is 0. The minimum Gasteiger partial charge on any atom is -0.200 e. The van der Waals surface area contributed by atoms with Gasteiger partial charge in [0.15, 0.2) is 0 Å². The number of hydrogen-bond acceptors (Lipinski definition) is 3. The van der Waals surface area contributed by atoms with E-state index in [4.69, 9.17) is 0 Å². The molecule has 4 nitrogen and oxygen atoms in total. The van der Waals surface area contributed by atoms with Crippen LogP contribution in [0.5, 0.6) is 0 Å². The first-order chi connectivity index (χ1) is 13.9. The second-order valence-corrected chi connectivity index (χ2v) is 9.91. The van der Waals surface area contributed by atoms with Gasteiger partial charge >= 0.3 is 0 Å². The molecule has 6 heteroatoms. The standard InChI is InChI=1S/C23H21BrN2O2S/c1-16-6-5-8-19(14-16)22-15-21(18-10-12-20(24)13-11-18)25-26(22)29(27,28)23-9-4-3-7-17(23)2/h3-14,22H,15H2,1-2H3/t22-/m0/s1. The summed E-state index contributed by atoms with van der Waals surface area (Å²) < 4.78 is 29.4. The van der Waals surface area contributed by atoms with E-state index in [1.807, 2.05) is 74.5 Å². The molecular formula is C23H21BrN2O2S. The Balaban J connectivity index is 1.83. The Hall–Kier alpha value is -2.44. The summed E-state index contributed by atoms with van der Waals surface area (Å²) >= 11 is 3.45. The summed E-state index contributed by atoms with van der Waals surface area (Å²) in [5, 5.41) is 4.61. The van der Waals surface area contributed by atoms with Gasteiger partial charge in [-0.05, 0) is 48.7 Å². The van der Waals surface area contributed by atoms with Gasteiger partial charge in [-0.1, -0.05) is 76.1 Å². The van der Waals surface area contributed by atoms with Crippen LogP contribution in [-0.4, -0.2) is 18.5 Å². The molecule has 148 valence electrons. The highest BCUT2D eigenvalue weighted by Crippen LogP contribution is 2.38. The molecule has 0 bridgehead atoms. The lowest BCUT2D eigenvalue weighted by Crippen LogP contribution is -2.28. The topological polar surface area (TPSA) is 49.7 Å². The third-order valence-corrected chi connectivity index (χ3v) is 7.47. The van der Waals surface area contributed by atoms with Crippen molar-refractivity contribution >= 4 is 31.7 Å². The summed E-state index contributed by atoms with van der Waals surface area (Å²) in [6.45, 7) is 3.82. The molecule has 0 aliphatic carbocycles. The molecule has 0 unspecified atom stereocenters. The number of rotatable bonds is 4. The van der Waals surface area contributed by atoms with Crippen molar-refractivity contribution in [2.24, 2.45) is 5.10 Å². The SMILES string of the molecule is Cc1cccc([C@@H]2CC(c3ccc(Br)cc3)=NN2S(=O)(=O)c2ccccc2C)c1. The van der Waals surface area contributed by atoms with E-state index in [9.17, 15) is 8.42 Å². The van der Waals surface area contributed by atoms with Gasteiger partial charge in [0.05, 0.1) is 16.6 Å². The molecule has 4 rings (SSSR count). The Kier molecular flexibility index (Phi) is 5.32. The second-order valence-electron chi connectivity index (χ2n) is 7.23. The first kappa shape index (κ1) is 19.9. The van der Waals surface area contributed by atoms with Crippen LogP contribution in [0.2, 0.25) is 0 Å². The number of nitrogens with zero attached hydrogens (tertiary/aromatic N) is 2. The number of aryl methyl sites for hydroxylation is 2. The van der Waals surface area contributed by atoms with Crippen molar-refractivity contribution in [2.45, 2.75) is 31.2 Å². The van der Waals surface area contributed by atoms with Gasteiger partial charge in [-0.2, -0.15) is 17.9 Å². The molecule has 0 spiro atoms. The number of halogens is 1. The zero-order chi connectivity index (χ0) is 20.6. The fraction of sp³-hybridized carbons (Fsp3) is 0.174. The van der Waals surface area contributed by atoms with Gasteiger partial charge in [0.1, 0.15) is 0 Å². The molecule has 0 N–H and O–H groups in total. The maximum absolute atomic E-state index is 13.6. The Morgan fingerprint density at radius 2 is 1.69 bits per heavy atom. The highest BCUT2D eigenvalue weighted by molar-refractivity contribution is 9.10. The molecule has 1 aliphatic heterocycles. The normalized spacial score (nSPS) is 16.7. The highest BCUT2D eigenvalue weighted by Gasteiger charge is 2.38. The summed E-state index contributed by atoms with van der Waals surface area (Å²) in [6, 6.07) is 22.4. The summed E-state index contributed by atoms with van der Waals surface area (Å²) in [4.78, 5) is 0.290. The maximum Gasteiger partial charge on any atom is 0.279 e. The third kappa shape index (κ3) is 3.87. The molecule has 0 aromatic heterocycles. The van der Waals surface area contributed by atoms with Crippen LogP contribution in [0, 0.1) is 13.8 Å².